The number of nitrogens with zero attached hydrogens (tertiary/aromatic N) is 3. The number of nitriles is 1. The van der Waals surface area contributed by atoms with Gasteiger partial charge in [-0.25, -0.2) is 13.2 Å². The van der Waals surface area contributed by atoms with Crippen LogP contribution >= 0.6 is 11.3 Å². The molecule has 0 bridgehead atoms. The van der Waals surface area contributed by atoms with Crippen LogP contribution in [0.2, 0.25) is 0 Å². The summed E-state index contributed by atoms with van der Waals surface area (Å²) in [6.07, 6.45) is 1.31. The Labute approximate surface area is 176 Å². The number of benzene rings is 1. The van der Waals surface area contributed by atoms with Crippen LogP contribution in [0.3, 0.4) is 0 Å². The van der Waals surface area contributed by atoms with Gasteiger partial charge in [-0.15, -0.1) is 10.2 Å². The summed E-state index contributed by atoms with van der Waals surface area (Å²) in [5, 5.41) is 27.5. The molecule has 1 amide bonds. The lowest BCUT2D eigenvalue weighted by atomic mass is 10.1. The smallest absolute Gasteiger partial charge is 0.341 e. The number of carbonyl (C=O) groups is 2. The van der Waals surface area contributed by atoms with Crippen LogP contribution in [0.25, 0.3) is 6.08 Å². The van der Waals surface area contributed by atoms with Crippen LogP contribution in [0.4, 0.5) is 5.13 Å². The van der Waals surface area contributed by atoms with Crippen molar-refractivity contribution >= 4 is 44.3 Å². The normalized spacial score (nSPS) is 11.7. The van der Waals surface area contributed by atoms with Crippen LogP contribution in [0.1, 0.15) is 19.4 Å². The minimum atomic E-state index is -3.60. The Morgan fingerprint density at radius 1 is 1.30 bits per heavy atom. The van der Waals surface area contributed by atoms with Crippen LogP contribution in [-0.2, 0) is 19.4 Å². The molecule has 0 atom stereocenters. The Balaban J connectivity index is 2.10. The summed E-state index contributed by atoms with van der Waals surface area (Å²) < 4.78 is 29.1. The van der Waals surface area contributed by atoms with Gasteiger partial charge < -0.3 is 9.84 Å². The molecular weight excluding hydrogens is 432 g/mol. The van der Waals surface area contributed by atoms with Crippen LogP contribution in [-0.4, -0.2) is 48.0 Å². The summed E-state index contributed by atoms with van der Waals surface area (Å²) in [4.78, 5) is 22.8. The molecule has 0 aliphatic rings. The number of sulfone groups is 1. The second-order valence-corrected chi connectivity index (χ2v) is 9.61. The number of carboxylic acids is 1. The summed E-state index contributed by atoms with van der Waals surface area (Å²) in [6.45, 7) is 3.03. The molecule has 0 unspecified atom stereocenters. The van der Waals surface area contributed by atoms with Crippen molar-refractivity contribution in [1.82, 2.24) is 10.2 Å². The van der Waals surface area contributed by atoms with Gasteiger partial charge in [-0.05, 0) is 29.7 Å². The van der Waals surface area contributed by atoms with Gasteiger partial charge in [0.1, 0.15) is 17.4 Å². The molecule has 0 radical (unpaired) electrons. The van der Waals surface area contributed by atoms with E-state index in [0.717, 1.165) is 0 Å². The number of aromatic nitrogens is 2. The molecule has 1 heterocycles. The molecule has 0 aliphatic heterocycles. The first-order valence-corrected chi connectivity index (χ1v) is 11.0. The highest BCUT2D eigenvalue weighted by molar-refractivity contribution is 7.93. The van der Waals surface area contributed by atoms with Gasteiger partial charge in [0.15, 0.2) is 6.61 Å². The molecule has 0 fully saturated rings. The fraction of sp³-hybridized carbons (Fsp3) is 0.278. The monoisotopic (exact) mass is 450 g/mol. The Bertz CT molecular complexity index is 1100. The van der Waals surface area contributed by atoms with E-state index in [2.05, 4.69) is 15.5 Å². The maximum Gasteiger partial charge on any atom is 0.341 e. The molecule has 30 heavy (non-hydrogen) atoms. The summed E-state index contributed by atoms with van der Waals surface area (Å²) in [5.74, 6) is -1.75. The van der Waals surface area contributed by atoms with Crippen molar-refractivity contribution in [3.05, 3.63) is 35.4 Å². The molecule has 1 aromatic heterocycles. The summed E-state index contributed by atoms with van der Waals surface area (Å²) in [6, 6.07) is 7.85. The van der Waals surface area contributed by atoms with Gasteiger partial charge in [0.25, 0.3) is 5.91 Å². The van der Waals surface area contributed by atoms with Crippen molar-refractivity contribution in [3.8, 4) is 11.8 Å². The molecule has 10 nitrogen and oxygen atoms in total. The van der Waals surface area contributed by atoms with Crippen molar-refractivity contribution in [2.24, 2.45) is 5.92 Å². The molecule has 2 rings (SSSR count). The average Bonchev–Trinajstić information content (AvgIpc) is 3.13. The first-order chi connectivity index (χ1) is 14.1. The summed E-state index contributed by atoms with van der Waals surface area (Å²) >= 11 is 0.711. The van der Waals surface area contributed by atoms with E-state index in [1.807, 2.05) is 0 Å². The van der Waals surface area contributed by atoms with Gasteiger partial charge in [0.2, 0.25) is 19.3 Å². The third kappa shape index (κ3) is 6.64. The van der Waals surface area contributed by atoms with Crippen LogP contribution < -0.4 is 10.1 Å². The van der Waals surface area contributed by atoms with Crippen LogP contribution in [0.15, 0.2) is 34.2 Å². The van der Waals surface area contributed by atoms with Gasteiger partial charge in [0, 0.05) is 0 Å². The summed E-state index contributed by atoms with van der Waals surface area (Å²) in [5.41, 5.74) is 0.262. The number of nitrogens with one attached hydrogen (secondary N) is 1. The lowest BCUT2D eigenvalue weighted by Crippen LogP contribution is -2.13. The maximum absolute atomic E-state index is 12.3. The fourth-order valence-electron chi connectivity index (χ4n) is 2.18. The first kappa shape index (κ1) is 23.0. The van der Waals surface area contributed by atoms with E-state index in [1.165, 1.54) is 18.2 Å². The number of rotatable bonds is 9. The maximum atomic E-state index is 12.3. The molecule has 0 saturated heterocycles. The lowest BCUT2D eigenvalue weighted by molar-refractivity contribution is -0.139. The zero-order chi connectivity index (χ0) is 22.3. The minimum Gasteiger partial charge on any atom is -0.482 e. The van der Waals surface area contributed by atoms with Gasteiger partial charge >= 0.3 is 5.97 Å². The van der Waals surface area contributed by atoms with Gasteiger partial charge in [-0.3, -0.25) is 10.1 Å². The molecule has 0 spiro atoms. The molecule has 0 saturated carbocycles. The van der Waals surface area contributed by atoms with Gasteiger partial charge in [-0.1, -0.05) is 37.3 Å². The lowest BCUT2D eigenvalue weighted by Gasteiger charge is -2.04. The molecular formula is C18H18N4O6S2. The van der Waals surface area contributed by atoms with Gasteiger partial charge in [0.05, 0.1) is 5.75 Å². The Morgan fingerprint density at radius 2 is 1.97 bits per heavy atom. The minimum absolute atomic E-state index is 0.0408. The number of ether oxygens (including phenoxy) is 1. The zero-order valence-electron chi connectivity index (χ0n) is 16.0. The Morgan fingerprint density at radius 3 is 2.53 bits per heavy atom. The Hall–Kier alpha value is -3.30. The Kier molecular flexibility index (Phi) is 7.62. The van der Waals surface area contributed by atoms with E-state index >= 15 is 0 Å². The number of aliphatic carboxylic acids is 1. The number of carboxylic acid groups (broad SMARTS) is 1. The molecule has 2 aromatic rings. The standard InChI is InChI=1S/C18H18N4O6S2/c1-11(2)10-30(26,27)18-22-21-17(29-18)20-16(25)13(8-19)7-12-3-5-14(6-4-12)28-9-15(23)24/h3-7,11H,9-10H2,1-2H3,(H,23,24)(H,20,21,25). The van der Waals surface area contributed by atoms with Crippen molar-refractivity contribution in [2.75, 3.05) is 17.7 Å². The summed E-state index contributed by atoms with van der Waals surface area (Å²) in [7, 11) is -3.60. The van der Waals surface area contributed by atoms with E-state index in [4.69, 9.17) is 9.84 Å². The quantitative estimate of drug-likeness (QED) is 0.331. The van der Waals surface area contributed by atoms with Crippen molar-refractivity contribution in [1.29, 1.82) is 5.26 Å². The highest BCUT2D eigenvalue weighted by Crippen LogP contribution is 2.23. The second-order valence-electron chi connectivity index (χ2n) is 6.42. The van der Waals surface area contributed by atoms with E-state index < -0.39 is 28.3 Å². The molecule has 1 aromatic carbocycles. The average molecular weight is 450 g/mol. The van der Waals surface area contributed by atoms with Crippen molar-refractivity contribution < 1.29 is 27.9 Å². The van der Waals surface area contributed by atoms with Crippen LogP contribution in [0, 0.1) is 17.2 Å². The SMILES string of the molecule is CC(C)CS(=O)(=O)c1nnc(NC(=O)C(C#N)=Cc2ccc(OCC(=O)O)cc2)s1. The third-order valence-electron chi connectivity index (χ3n) is 3.36. The fourth-order valence-corrected chi connectivity index (χ4v) is 4.79. The number of amides is 1. The second kappa shape index (κ2) is 9.95. The van der Waals surface area contributed by atoms with Crippen LogP contribution in [0.5, 0.6) is 5.75 Å². The molecule has 0 aliphatic carbocycles. The van der Waals surface area contributed by atoms with E-state index in [0.29, 0.717) is 22.6 Å². The third-order valence-corrected chi connectivity index (χ3v) is 6.73. The van der Waals surface area contributed by atoms with Crippen molar-refractivity contribution in [2.45, 2.75) is 18.2 Å². The first-order valence-electron chi connectivity index (χ1n) is 8.55. The molecule has 12 heteroatoms. The van der Waals surface area contributed by atoms with Crippen molar-refractivity contribution in [3.63, 3.8) is 0 Å². The highest BCUT2D eigenvalue weighted by atomic mass is 32.2. The van der Waals surface area contributed by atoms with E-state index in [1.54, 1.807) is 32.0 Å². The topological polar surface area (TPSA) is 159 Å². The number of carbonyl (C=O) groups excluding carboxylic acids is 1. The zero-order valence-corrected chi connectivity index (χ0v) is 17.7. The highest BCUT2D eigenvalue weighted by Gasteiger charge is 2.22. The predicted molar refractivity (Wildman–Crippen MR) is 109 cm³/mol. The predicted octanol–water partition coefficient (Wildman–Crippen LogP) is 1.98. The van der Waals surface area contributed by atoms with Gasteiger partial charge in [-0.2, -0.15) is 5.26 Å². The number of hydrogen-bond donors (Lipinski definition) is 2. The number of anilines is 1. The van der Waals surface area contributed by atoms with E-state index in [9.17, 15) is 23.3 Å². The molecule has 158 valence electrons. The largest absolute Gasteiger partial charge is 0.482 e. The molecule has 2 N–H and O–H groups in total. The number of hydrogen-bond acceptors (Lipinski definition) is 9. The van der Waals surface area contributed by atoms with E-state index in [-0.39, 0.29) is 26.7 Å².